The number of hydrogen-bond donors (Lipinski definition) is 3. The molecule has 0 spiro atoms. The lowest BCUT2D eigenvalue weighted by Gasteiger charge is -2.32. The summed E-state index contributed by atoms with van der Waals surface area (Å²) in [6, 6.07) is 5.95. The molecule has 1 fully saturated rings. The van der Waals surface area contributed by atoms with Crippen LogP contribution in [0.25, 0.3) is 10.9 Å². The summed E-state index contributed by atoms with van der Waals surface area (Å²) in [5.74, 6) is 1.49. The average Bonchev–Trinajstić information content (AvgIpc) is 2.61. The van der Waals surface area contributed by atoms with Gasteiger partial charge in [-0.05, 0) is 62.1 Å². The molecule has 1 aromatic carbocycles. The van der Waals surface area contributed by atoms with E-state index in [2.05, 4.69) is 4.98 Å². The molecule has 1 heterocycles. The lowest BCUT2D eigenvalue weighted by Crippen LogP contribution is -2.31. The van der Waals surface area contributed by atoms with Gasteiger partial charge in [0.1, 0.15) is 11.5 Å². The van der Waals surface area contributed by atoms with Crippen LogP contribution in [-0.4, -0.2) is 35.0 Å². The highest BCUT2D eigenvalue weighted by Crippen LogP contribution is 2.36. The number of rotatable bonds is 5. The molecule has 0 saturated heterocycles. The van der Waals surface area contributed by atoms with Crippen molar-refractivity contribution in [2.24, 2.45) is 17.6 Å². The first-order valence-corrected chi connectivity index (χ1v) is 8.63. The number of aliphatic hydroxyl groups excluding tert-OH is 1. The summed E-state index contributed by atoms with van der Waals surface area (Å²) in [5, 5.41) is 21.2. The van der Waals surface area contributed by atoms with Crippen LogP contribution in [0.3, 0.4) is 0 Å². The average molecular weight is 330 g/mol. The first-order valence-electron chi connectivity index (χ1n) is 8.63. The number of nitrogens with zero attached hydrogens (tertiary/aromatic N) is 1. The highest BCUT2D eigenvalue weighted by Gasteiger charge is 2.27. The van der Waals surface area contributed by atoms with Gasteiger partial charge in [-0.25, -0.2) is 0 Å². The molecule has 1 unspecified atom stereocenters. The van der Waals surface area contributed by atoms with Crippen LogP contribution in [0.1, 0.15) is 31.2 Å². The standard InChI is InChI=1S/C19H26N2O3/c1-24-15-6-7-18-16(9-15)17(19(23)10-21-18)8-13(11-22)12-2-4-14(20)5-3-12/h6-7,9-10,12-14,22-23H,2-5,8,11,20H2,1H3. The van der Waals surface area contributed by atoms with Gasteiger partial charge >= 0.3 is 0 Å². The maximum absolute atomic E-state index is 10.4. The van der Waals surface area contributed by atoms with Crippen molar-refractivity contribution in [1.29, 1.82) is 0 Å². The largest absolute Gasteiger partial charge is 0.506 e. The third-order valence-electron chi connectivity index (χ3n) is 5.35. The molecule has 130 valence electrons. The number of hydrogen-bond acceptors (Lipinski definition) is 5. The van der Waals surface area contributed by atoms with Gasteiger partial charge in [-0.3, -0.25) is 4.98 Å². The Kier molecular flexibility index (Phi) is 5.21. The molecule has 1 atom stereocenters. The van der Waals surface area contributed by atoms with Crippen LogP contribution in [-0.2, 0) is 6.42 Å². The molecule has 1 saturated carbocycles. The van der Waals surface area contributed by atoms with Gasteiger partial charge in [0.15, 0.2) is 0 Å². The van der Waals surface area contributed by atoms with E-state index in [4.69, 9.17) is 10.5 Å². The molecule has 0 bridgehead atoms. The molecule has 2 aromatic rings. The van der Waals surface area contributed by atoms with Crippen molar-refractivity contribution in [1.82, 2.24) is 4.98 Å². The molecule has 5 heteroatoms. The topological polar surface area (TPSA) is 88.6 Å². The van der Waals surface area contributed by atoms with Crippen molar-refractivity contribution >= 4 is 10.9 Å². The van der Waals surface area contributed by atoms with E-state index in [0.717, 1.165) is 47.9 Å². The first-order chi connectivity index (χ1) is 11.6. The van der Waals surface area contributed by atoms with Crippen molar-refractivity contribution < 1.29 is 14.9 Å². The van der Waals surface area contributed by atoms with Gasteiger partial charge in [0, 0.05) is 23.6 Å². The van der Waals surface area contributed by atoms with Gasteiger partial charge in [0.2, 0.25) is 0 Å². The molecule has 5 nitrogen and oxygen atoms in total. The summed E-state index contributed by atoms with van der Waals surface area (Å²) in [5.41, 5.74) is 7.66. The van der Waals surface area contributed by atoms with Gasteiger partial charge in [0.25, 0.3) is 0 Å². The highest BCUT2D eigenvalue weighted by molar-refractivity contribution is 5.85. The third kappa shape index (κ3) is 3.47. The monoisotopic (exact) mass is 330 g/mol. The summed E-state index contributed by atoms with van der Waals surface area (Å²) >= 11 is 0. The maximum atomic E-state index is 10.4. The molecule has 0 radical (unpaired) electrons. The highest BCUT2D eigenvalue weighted by atomic mass is 16.5. The Morgan fingerprint density at radius 2 is 2.04 bits per heavy atom. The third-order valence-corrected chi connectivity index (χ3v) is 5.35. The van der Waals surface area contributed by atoms with Crippen molar-refractivity contribution in [3.63, 3.8) is 0 Å². The minimum absolute atomic E-state index is 0.118. The van der Waals surface area contributed by atoms with Crippen LogP contribution in [0, 0.1) is 11.8 Å². The second-order valence-electron chi connectivity index (χ2n) is 6.83. The van der Waals surface area contributed by atoms with Crippen LogP contribution in [0.15, 0.2) is 24.4 Å². The fourth-order valence-corrected chi connectivity index (χ4v) is 3.82. The van der Waals surface area contributed by atoms with Crippen molar-refractivity contribution in [2.45, 2.75) is 38.1 Å². The number of nitrogens with two attached hydrogens (primary N) is 1. The fraction of sp³-hybridized carbons (Fsp3) is 0.526. The lowest BCUT2D eigenvalue weighted by molar-refractivity contribution is 0.142. The Bertz CT molecular complexity index is 696. The Balaban J connectivity index is 1.91. The van der Waals surface area contributed by atoms with E-state index in [1.54, 1.807) is 7.11 Å². The van der Waals surface area contributed by atoms with Crippen molar-refractivity contribution in [3.8, 4) is 11.5 Å². The maximum Gasteiger partial charge on any atom is 0.137 e. The van der Waals surface area contributed by atoms with E-state index in [1.165, 1.54) is 6.20 Å². The molecule has 0 aliphatic heterocycles. The van der Waals surface area contributed by atoms with Crippen LogP contribution >= 0.6 is 0 Å². The first kappa shape index (κ1) is 17.0. The van der Waals surface area contributed by atoms with Crippen LogP contribution in [0.2, 0.25) is 0 Å². The number of benzene rings is 1. The summed E-state index contributed by atoms with van der Waals surface area (Å²) in [4.78, 5) is 4.29. The molecule has 4 N–H and O–H groups in total. The summed E-state index contributed by atoms with van der Waals surface area (Å²) < 4.78 is 5.30. The number of fused-ring (bicyclic) bond motifs is 1. The van der Waals surface area contributed by atoms with Crippen molar-refractivity contribution in [3.05, 3.63) is 30.0 Å². The number of aliphatic hydroxyl groups is 1. The zero-order chi connectivity index (χ0) is 17.1. The van der Waals surface area contributed by atoms with Crippen molar-refractivity contribution in [2.75, 3.05) is 13.7 Å². The Hall–Kier alpha value is -1.85. The van der Waals surface area contributed by atoms with E-state index in [0.29, 0.717) is 18.4 Å². The van der Waals surface area contributed by atoms with E-state index in [9.17, 15) is 10.2 Å². The van der Waals surface area contributed by atoms with Crippen LogP contribution in [0.5, 0.6) is 11.5 Å². The fourth-order valence-electron chi connectivity index (χ4n) is 3.82. The second kappa shape index (κ2) is 7.36. The molecule has 1 aliphatic carbocycles. The van der Waals surface area contributed by atoms with Gasteiger partial charge < -0.3 is 20.7 Å². The number of aromatic hydroxyl groups is 1. The number of aromatic nitrogens is 1. The van der Waals surface area contributed by atoms with E-state index in [1.807, 2.05) is 18.2 Å². The Labute approximate surface area is 142 Å². The minimum Gasteiger partial charge on any atom is -0.506 e. The zero-order valence-electron chi connectivity index (χ0n) is 14.1. The molecule has 3 rings (SSSR count). The van der Waals surface area contributed by atoms with E-state index < -0.39 is 0 Å². The summed E-state index contributed by atoms with van der Waals surface area (Å²) in [6.07, 6.45) is 6.24. The molecule has 1 aliphatic rings. The summed E-state index contributed by atoms with van der Waals surface area (Å²) in [6.45, 7) is 0.118. The van der Waals surface area contributed by atoms with Gasteiger partial charge in [0.05, 0.1) is 18.8 Å². The molecule has 24 heavy (non-hydrogen) atoms. The SMILES string of the molecule is COc1ccc2ncc(O)c(CC(CO)C3CCC(N)CC3)c2c1. The molecular weight excluding hydrogens is 304 g/mol. The lowest BCUT2D eigenvalue weighted by atomic mass is 9.76. The minimum atomic E-state index is 0.118. The number of ether oxygens (including phenoxy) is 1. The molecular formula is C19H26N2O3. The Morgan fingerprint density at radius 1 is 1.29 bits per heavy atom. The van der Waals surface area contributed by atoms with Crippen LogP contribution < -0.4 is 10.5 Å². The molecule has 0 amide bonds. The smallest absolute Gasteiger partial charge is 0.137 e. The normalized spacial score (nSPS) is 22.5. The van der Waals surface area contributed by atoms with Crippen LogP contribution in [0.4, 0.5) is 0 Å². The quantitative estimate of drug-likeness (QED) is 0.784. The van der Waals surface area contributed by atoms with E-state index >= 15 is 0 Å². The predicted octanol–water partition coefficient (Wildman–Crippen LogP) is 2.62. The Morgan fingerprint density at radius 3 is 2.71 bits per heavy atom. The number of pyridine rings is 1. The number of methoxy groups -OCH3 is 1. The molecule has 1 aromatic heterocycles. The van der Waals surface area contributed by atoms with Gasteiger partial charge in [-0.15, -0.1) is 0 Å². The zero-order valence-corrected chi connectivity index (χ0v) is 14.1. The van der Waals surface area contributed by atoms with Gasteiger partial charge in [-0.2, -0.15) is 0 Å². The summed E-state index contributed by atoms with van der Waals surface area (Å²) in [7, 11) is 1.62. The van der Waals surface area contributed by atoms with Gasteiger partial charge in [-0.1, -0.05) is 0 Å². The predicted molar refractivity (Wildman–Crippen MR) is 94.2 cm³/mol. The second-order valence-corrected chi connectivity index (χ2v) is 6.83. The van der Waals surface area contributed by atoms with E-state index in [-0.39, 0.29) is 18.3 Å².